The Bertz CT molecular complexity index is 987. The predicted molar refractivity (Wildman–Crippen MR) is 86.2 cm³/mol. The van der Waals surface area contributed by atoms with E-state index in [0.29, 0.717) is 23.0 Å². The van der Waals surface area contributed by atoms with E-state index in [9.17, 15) is 14.0 Å². The molecule has 0 aliphatic rings. The first kappa shape index (κ1) is 15.2. The Morgan fingerprint density at radius 2 is 2.22 bits per heavy atom. The van der Waals surface area contributed by atoms with Crippen LogP contribution in [0.25, 0.3) is 21.9 Å². The molecule has 3 rings (SSSR count). The molecular weight excluding hydrogens is 299 g/mol. The second-order valence-corrected chi connectivity index (χ2v) is 5.43. The van der Waals surface area contributed by atoms with Gasteiger partial charge in [-0.3, -0.25) is 9.59 Å². The third-order valence-electron chi connectivity index (χ3n) is 3.99. The molecule has 0 bridgehead atoms. The molecule has 1 aromatic carbocycles. The molecule has 120 valence electrons. The molecule has 0 aliphatic heterocycles. The lowest BCUT2D eigenvalue weighted by Gasteiger charge is -2.05. The number of amides is 1. The summed E-state index contributed by atoms with van der Waals surface area (Å²) in [4.78, 5) is 31.6. The lowest BCUT2D eigenvalue weighted by molar-refractivity contribution is 0.0962. The standard InChI is InChI=1S/C16H17FN4O2/c1-4-5-11-20-13-12-8(6-10(17)14(13)21(11)3)15(22)9(7-19-12)16(23)18-2/h6-7H,4-5H2,1-3H3,(H,18,23)(H,19,22). The van der Waals surface area contributed by atoms with Gasteiger partial charge in [-0.1, -0.05) is 6.92 Å². The number of carbonyl (C=O) groups excluding carboxylic acids is 1. The van der Waals surface area contributed by atoms with E-state index >= 15 is 0 Å². The first-order valence-electron chi connectivity index (χ1n) is 7.40. The van der Waals surface area contributed by atoms with Crippen LogP contribution in [0.4, 0.5) is 4.39 Å². The van der Waals surface area contributed by atoms with Gasteiger partial charge in [0.2, 0.25) is 5.43 Å². The van der Waals surface area contributed by atoms with Crippen molar-refractivity contribution in [3.63, 3.8) is 0 Å². The summed E-state index contributed by atoms with van der Waals surface area (Å²) in [5.41, 5.74) is 0.637. The maximum atomic E-state index is 14.5. The van der Waals surface area contributed by atoms with Crippen LogP contribution in [0.1, 0.15) is 29.5 Å². The van der Waals surface area contributed by atoms with Gasteiger partial charge in [-0.15, -0.1) is 0 Å². The number of nitrogens with zero attached hydrogens (tertiary/aromatic N) is 2. The molecule has 0 fully saturated rings. The normalized spacial score (nSPS) is 11.3. The molecular formula is C16H17FN4O2. The van der Waals surface area contributed by atoms with Crippen LogP contribution in [0.5, 0.6) is 0 Å². The number of fused-ring (bicyclic) bond motifs is 3. The van der Waals surface area contributed by atoms with Crippen LogP contribution in [-0.4, -0.2) is 27.5 Å². The lowest BCUT2D eigenvalue weighted by Crippen LogP contribution is -2.25. The summed E-state index contributed by atoms with van der Waals surface area (Å²) in [5, 5.41) is 2.52. The van der Waals surface area contributed by atoms with Gasteiger partial charge < -0.3 is 14.9 Å². The zero-order valence-electron chi connectivity index (χ0n) is 13.2. The molecule has 23 heavy (non-hydrogen) atoms. The van der Waals surface area contributed by atoms with E-state index in [0.717, 1.165) is 12.2 Å². The van der Waals surface area contributed by atoms with Gasteiger partial charge in [-0.2, -0.15) is 0 Å². The van der Waals surface area contributed by atoms with Crippen LogP contribution in [0.2, 0.25) is 0 Å². The van der Waals surface area contributed by atoms with Crippen molar-refractivity contribution in [3.8, 4) is 0 Å². The third-order valence-corrected chi connectivity index (χ3v) is 3.99. The smallest absolute Gasteiger partial charge is 0.256 e. The fourth-order valence-electron chi connectivity index (χ4n) is 2.82. The number of pyridine rings is 1. The summed E-state index contributed by atoms with van der Waals surface area (Å²) in [6.45, 7) is 2.02. The van der Waals surface area contributed by atoms with Crippen molar-refractivity contribution >= 4 is 27.8 Å². The van der Waals surface area contributed by atoms with E-state index in [2.05, 4.69) is 15.3 Å². The van der Waals surface area contributed by atoms with E-state index in [1.807, 2.05) is 6.92 Å². The molecule has 2 aromatic heterocycles. The maximum absolute atomic E-state index is 14.5. The Kier molecular flexibility index (Phi) is 3.63. The van der Waals surface area contributed by atoms with Crippen LogP contribution in [0, 0.1) is 5.82 Å². The van der Waals surface area contributed by atoms with Crippen molar-refractivity contribution in [1.29, 1.82) is 0 Å². The highest BCUT2D eigenvalue weighted by Gasteiger charge is 2.19. The molecule has 2 N–H and O–H groups in total. The number of halogens is 1. The Morgan fingerprint density at radius 1 is 1.48 bits per heavy atom. The fourth-order valence-corrected chi connectivity index (χ4v) is 2.82. The van der Waals surface area contributed by atoms with Gasteiger partial charge in [-0.05, 0) is 12.5 Å². The number of H-pyrrole nitrogens is 1. The van der Waals surface area contributed by atoms with Gasteiger partial charge in [-0.25, -0.2) is 9.37 Å². The zero-order chi connectivity index (χ0) is 16.7. The summed E-state index contributed by atoms with van der Waals surface area (Å²) in [5.74, 6) is -0.282. The van der Waals surface area contributed by atoms with Crippen LogP contribution in [-0.2, 0) is 13.5 Å². The van der Waals surface area contributed by atoms with E-state index in [-0.39, 0.29) is 10.9 Å². The molecule has 3 aromatic rings. The van der Waals surface area contributed by atoms with E-state index < -0.39 is 17.2 Å². The van der Waals surface area contributed by atoms with Gasteiger partial charge in [0, 0.05) is 26.7 Å². The number of carbonyl (C=O) groups is 1. The Balaban J connectivity index is 2.41. The van der Waals surface area contributed by atoms with Crippen LogP contribution >= 0.6 is 0 Å². The average molecular weight is 316 g/mol. The minimum atomic E-state index is -0.524. The van der Waals surface area contributed by atoms with Gasteiger partial charge >= 0.3 is 0 Å². The maximum Gasteiger partial charge on any atom is 0.256 e. The largest absolute Gasteiger partial charge is 0.358 e. The Labute approximate surface area is 131 Å². The Morgan fingerprint density at radius 3 is 2.87 bits per heavy atom. The monoisotopic (exact) mass is 316 g/mol. The minimum absolute atomic E-state index is 0.0523. The van der Waals surface area contributed by atoms with Crippen LogP contribution in [0.15, 0.2) is 17.1 Å². The summed E-state index contributed by atoms with van der Waals surface area (Å²) in [6.07, 6.45) is 2.94. The van der Waals surface area contributed by atoms with Crippen molar-refractivity contribution in [2.45, 2.75) is 19.8 Å². The number of benzene rings is 1. The van der Waals surface area contributed by atoms with E-state index in [1.54, 1.807) is 11.6 Å². The third kappa shape index (κ3) is 2.19. The fraction of sp³-hybridized carbons (Fsp3) is 0.312. The number of hydrogen-bond donors (Lipinski definition) is 2. The highest BCUT2D eigenvalue weighted by molar-refractivity contribution is 6.05. The van der Waals surface area contributed by atoms with Crippen LogP contribution < -0.4 is 10.7 Å². The number of aromatic nitrogens is 3. The first-order chi connectivity index (χ1) is 11.0. The van der Waals surface area contributed by atoms with Gasteiger partial charge in [0.25, 0.3) is 5.91 Å². The molecule has 0 saturated heterocycles. The van der Waals surface area contributed by atoms with Crippen molar-refractivity contribution in [3.05, 3.63) is 39.7 Å². The SMILES string of the molecule is CCCc1nc2c3[nH]cc(C(=O)NC)c(=O)c3cc(F)c2n1C. The number of imidazole rings is 1. The molecule has 0 saturated carbocycles. The lowest BCUT2D eigenvalue weighted by atomic mass is 10.1. The highest BCUT2D eigenvalue weighted by atomic mass is 19.1. The van der Waals surface area contributed by atoms with Gasteiger partial charge in [0.15, 0.2) is 0 Å². The quantitative estimate of drug-likeness (QED) is 0.774. The number of aromatic amines is 1. The van der Waals surface area contributed by atoms with Crippen molar-refractivity contribution in [2.75, 3.05) is 7.05 Å². The summed E-state index contributed by atoms with van der Waals surface area (Å²) in [7, 11) is 3.19. The highest BCUT2D eigenvalue weighted by Crippen LogP contribution is 2.25. The van der Waals surface area contributed by atoms with Crippen LogP contribution in [0.3, 0.4) is 0 Å². The second kappa shape index (κ2) is 5.49. The number of nitrogens with one attached hydrogen (secondary N) is 2. The number of aryl methyl sites for hydroxylation is 2. The average Bonchev–Trinajstić information content (AvgIpc) is 2.86. The molecule has 1 amide bonds. The summed E-state index contributed by atoms with van der Waals surface area (Å²) < 4.78 is 16.2. The van der Waals surface area contributed by atoms with E-state index in [1.165, 1.54) is 19.3 Å². The molecule has 0 atom stereocenters. The van der Waals surface area contributed by atoms with Gasteiger partial charge in [0.1, 0.15) is 28.2 Å². The zero-order valence-corrected chi connectivity index (χ0v) is 13.2. The second-order valence-electron chi connectivity index (χ2n) is 5.43. The Hall–Kier alpha value is -2.70. The van der Waals surface area contributed by atoms with Crippen molar-refractivity contribution in [1.82, 2.24) is 19.9 Å². The molecule has 0 spiro atoms. The van der Waals surface area contributed by atoms with E-state index in [4.69, 9.17) is 0 Å². The molecule has 6 nitrogen and oxygen atoms in total. The molecule has 0 aliphatic carbocycles. The minimum Gasteiger partial charge on any atom is -0.358 e. The molecule has 0 unspecified atom stereocenters. The van der Waals surface area contributed by atoms with Crippen molar-refractivity contribution in [2.24, 2.45) is 7.05 Å². The molecule has 7 heteroatoms. The molecule has 2 heterocycles. The van der Waals surface area contributed by atoms with Crippen molar-refractivity contribution < 1.29 is 9.18 Å². The number of rotatable bonds is 3. The predicted octanol–water partition coefficient (Wildman–Crippen LogP) is 1.87. The number of hydrogen-bond acceptors (Lipinski definition) is 3. The van der Waals surface area contributed by atoms with Gasteiger partial charge in [0.05, 0.1) is 10.9 Å². The first-order valence-corrected chi connectivity index (χ1v) is 7.40. The molecule has 0 radical (unpaired) electrons. The summed E-state index contributed by atoms with van der Waals surface area (Å²) in [6, 6.07) is 1.17. The summed E-state index contributed by atoms with van der Waals surface area (Å²) >= 11 is 0. The topological polar surface area (TPSA) is 79.8 Å².